The Balaban J connectivity index is 2.86. The van der Waals surface area contributed by atoms with Crippen LogP contribution >= 0.6 is 0 Å². The van der Waals surface area contributed by atoms with E-state index in [1.54, 1.807) is 26.0 Å². The zero-order valence-electron chi connectivity index (χ0n) is 13.0. The van der Waals surface area contributed by atoms with Crippen LogP contribution in [0.5, 0.6) is 0 Å². The summed E-state index contributed by atoms with van der Waals surface area (Å²) in [5, 5.41) is 1.65. The van der Waals surface area contributed by atoms with Crippen LogP contribution < -0.4 is 10.6 Å². The molecule has 0 N–H and O–H groups in total. The Morgan fingerprint density at radius 3 is 2.36 bits per heavy atom. The molecule has 0 saturated heterocycles. The Hall–Kier alpha value is -2.50. The van der Waals surface area contributed by atoms with Crippen molar-refractivity contribution in [1.29, 1.82) is 0 Å². The summed E-state index contributed by atoms with van der Waals surface area (Å²) in [6.45, 7) is 5.17. The lowest BCUT2D eigenvalue weighted by Crippen LogP contribution is -2.50. The second-order valence-electron chi connectivity index (χ2n) is 4.86. The van der Waals surface area contributed by atoms with Gasteiger partial charge in [0.15, 0.2) is 5.65 Å². The number of carbonyl (C=O) groups excluding carboxylic acids is 2. The van der Waals surface area contributed by atoms with Gasteiger partial charge in [0.25, 0.3) is 5.56 Å². The van der Waals surface area contributed by atoms with Crippen LogP contribution in [0.25, 0.3) is 11.0 Å². The van der Waals surface area contributed by atoms with Crippen molar-refractivity contribution in [2.75, 3.05) is 5.01 Å². The number of carbonyl (C=O) groups is 2. The van der Waals surface area contributed by atoms with E-state index in [9.17, 15) is 14.4 Å². The quantitative estimate of drug-likeness (QED) is 0.862. The highest BCUT2D eigenvalue weighted by molar-refractivity contribution is 6.08. The molecule has 6 heteroatoms. The maximum Gasteiger partial charge on any atom is 0.274 e. The van der Waals surface area contributed by atoms with Crippen LogP contribution in [-0.4, -0.2) is 21.5 Å². The molecule has 0 saturated carbocycles. The highest BCUT2D eigenvalue weighted by Crippen LogP contribution is 2.13. The monoisotopic (exact) mass is 301 g/mol. The van der Waals surface area contributed by atoms with E-state index in [-0.39, 0.29) is 18.4 Å². The van der Waals surface area contributed by atoms with Crippen LogP contribution in [0, 0.1) is 0 Å². The van der Waals surface area contributed by atoms with Crippen LogP contribution in [-0.2, 0) is 16.0 Å². The van der Waals surface area contributed by atoms with Crippen LogP contribution in [0.3, 0.4) is 0 Å². The first-order chi connectivity index (χ1) is 10.5. The predicted octanol–water partition coefficient (Wildman–Crippen LogP) is 1.77. The minimum atomic E-state index is -0.422. The minimum Gasteiger partial charge on any atom is -0.273 e. The molecule has 0 atom stereocenters. The van der Waals surface area contributed by atoms with Crippen molar-refractivity contribution >= 4 is 22.8 Å². The zero-order valence-corrected chi connectivity index (χ0v) is 13.0. The molecule has 0 bridgehead atoms. The van der Waals surface area contributed by atoms with E-state index in [4.69, 9.17) is 0 Å². The van der Waals surface area contributed by atoms with E-state index in [2.05, 4.69) is 4.98 Å². The van der Waals surface area contributed by atoms with Crippen LogP contribution in [0.4, 0.5) is 0 Å². The van der Waals surface area contributed by atoms with E-state index >= 15 is 0 Å². The maximum absolute atomic E-state index is 12.7. The highest BCUT2D eigenvalue weighted by Gasteiger charge is 2.25. The lowest BCUT2D eigenvalue weighted by Gasteiger charge is -2.23. The molecular formula is C16H19N3O3. The molecule has 2 aromatic heterocycles. The largest absolute Gasteiger partial charge is 0.274 e. The average molecular weight is 301 g/mol. The van der Waals surface area contributed by atoms with Gasteiger partial charge in [-0.2, -0.15) is 9.69 Å². The van der Waals surface area contributed by atoms with Gasteiger partial charge in [-0.3, -0.25) is 14.4 Å². The van der Waals surface area contributed by atoms with Gasteiger partial charge in [-0.1, -0.05) is 20.8 Å². The summed E-state index contributed by atoms with van der Waals surface area (Å²) in [7, 11) is 0. The molecule has 6 nitrogen and oxygen atoms in total. The molecule has 0 fully saturated rings. The molecule has 0 aliphatic heterocycles. The van der Waals surface area contributed by atoms with E-state index in [0.717, 1.165) is 15.1 Å². The van der Waals surface area contributed by atoms with Crippen molar-refractivity contribution in [2.24, 2.45) is 0 Å². The summed E-state index contributed by atoms with van der Waals surface area (Å²) in [6.07, 6.45) is 2.30. The van der Waals surface area contributed by atoms with E-state index in [1.807, 2.05) is 13.0 Å². The number of rotatable bonds is 4. The van der Waals surface area contributed by atoms with Crippen LogP contribution in [0.1, 0.15) is 39.2 Å². The van der Waals surface area contributed by atoms with Crippen LogP contribution in [0.2, 0.25) is 0 Å². The summed E-state index contributed by atoms with van der Waals surface area (Å²) in [6, 6.07) is 5.32. The summed E-state index contributed by atoms with van der Waals surface area (Å²) in [5.41, 5.74) is 0.476. The van der Waals surface area contributed by atoms with E-state index < -0.39 is 11.8 Å². The van der Waals surface area contributed by atoms with E-state index in [0.29, 0.717) is 17.6 Å². The summed E-state index contributed by atoms with van der Waals surface area (Å²) in [5.74, 6) is -0.844. The molecule has 0 unspecified atom stereocenters. The molecule has 0 spiro atoms. The lowest BCUT2D eigenvalue weighted by molar-refractivity contribution is -0.128. The maximum atomic E-state index is 12.7. The first-order valence-corrected chi connectivity index (χ1v) is 7.40. The Kier molecular flexibility index (Phi) is 4.70. The Morgan fingerprint density at radius 1 is 1.18 bits per heavy atom. The van der Waals surface area contributed by atoms with Gasteiger partial charge in [0.2, 0.25) is 11.8 Å². The topological polar surface area (TPSA) is 72.3 Å². The van der Waals surface area contributed by atoms with Gasteiger partial charge in [-0.05, 0) is 24.6 Å². The SMILES string of the molecule is CCC(=O)N(C(=O)CC)n1c(=O)c(CC)cc2cccnc21. The molecule has 116 valence electrons. The predicted molar refractivity (Wildman–Crippen MR) is 84.2 cm³/mol. The van der Waals surface area contributed by atoms with Crippen molar-refractivity contribution in [3.63, 3.8) is 0 Å². The Morgan fingerprint density at radius 2 is 1.82 bits per heavy atom. The van der Waals surface area contributed by atoms with Gasteiger partial charge in [0.05, 0.1) is 0 Å². The smallest absolute Gasteiger partial charge is 0.273 e. The second kappa shape index (κ2) is 6.51. The second-order valence-corrected chi connectivity index (χ2v) is 4.86. The van der Waals surface area contributed by atoms with Gasteiger partial charge in [-0.15, -0.1) is 0 Å². The molecule has 2 heterocycles. The fourth-order valence-electron chi connectivity index (χ4n) is 2.28. The third kappa shape index (κ3) is 2.64. The molecule has 0 aliphatic rings. The van der Waals surface area contributed by atoms with Crippen molar-refractivity contribution in [1.82, 2.24) is 9.66 Å². The summed E-state index contributed by atoms with van der Waals surface area (Å²) in [4.78, 5) is 41.3. The molecule has 0 aromatic carbocycles. The third-order valence-corrected chi connectivity index (χ3v) is 3.47. The molecule has 2 aromatic rings. The number of aryl methyl sites for hydroxylation is 1. The standard InChI is InChI=1S/C16H19N3O3/c1-4-11-10-12-8-7-9-17-15(12)19(16(11)22)18(13(20)5-2)14(21)6-3/h7-10H,4-6H2,1-3H3. The van der Waals surface area contributed by atoms with Crippen molar-refractivity contribution in [2.45, 2.75) is 40.0 Å². The first kappa shape index (κ1) is 15.9. The van der Waals surface area contributed by atoms with Crippen molar-refractivity contribution < 1.29 is 9.59 Å². The van der Waals surface area contributed by atoms with Crippen molar-refractivity contribution in [3.05, 3.63) is 40.3 Å². The molecular weight excluding hydrogens is 282 g/mol. The third-order valence-electron chi connectivity index (χ3n) is 3.47. The summed E-state index contributed by atoms with van der Waals surface area (Å²) < 4.78 is 1.12. The van der Waals surface area contributed by atoms with Gasteiger partial charge in [0, 0.05) is 30.0 Å². The average Bonchev–Trinajstić information content (AvgIpc) is 2.55. The lowest BCUT2D eigenvalue weighted by atomic mass is 10.1. The zero-order chi connectivity index (χ0) is 16.3. The number of nitrogens with zero attached hydrogens (tertiary/aromatic N) is 3. The first-order valence-electron chi connectivity index (χ1n) is 7.40. The fraction of sp³-hybridized carbons (Fsp3) is 0.375. The number of hydrogen-bond donors (Lipinski definition) is 0. The van der Waals surface area contributed by atoms with E-state index in [1.165, 1.54) is 6.20 Å². The normalized spacial score (nSPS) is 10.7. The highest BCUT2D eigenvalue weighted by atomic mass is 16.2. The number of hydrogen-bond acceptors (Lipinski definition) is 4. The fourth-order valence-corrected chi connectivity index (χ4v) is 2.28. The molecule has 2 amide bonds. The number of aromatic nitrogens is 2. The molecule has 0 radical (unpaired) electrons. The van der Waals surface area contributed by atoms with Gasteiger partial charge in [-0.25, -0.2) is 4.98 Å². The number of fused-ring (bicyclic) bond motifs is 1. The summed E-state index contributed by atoms with van der Waals surface area (Å²) >= 11 is 0. The Labute approximate surface area is 128 Å². The van der Waals surface area contributed by atoms with Crippen LogP contribution in [0.15, 0.2) is 29.2 Å². The van der Waals surface area contributed by atoms with Gasteiger partial charge in [0.1, 0.15) is 0 Å². The van der Waals surface area contributed by atoms with Crippen molar-refractivity contribution in [3.8, 4) is 0 Å². The van der Waals surface area contributed by atoms with Gasteiger partial charge >= 0.3 is 0 Å². The molecule has 0 aliphatic carbocycles. The minimum absolute atomic E-state index is 0.128. The number of amides is 2. The molecule has 2 rings (SSSR count). The van der Waals surface area contributed by atoms with Gasteiger partial charge < -0.3 is 0 Å². The Bertz CT molecular complexity index is 764. The molecule has 22 heavy (non-hydrogen) atoms. The number of pyridine rings is 2. The number of imide groups is 1.